The van der Waals surface area contributed by atoms with Gasteiger partial charge in [0.05, 0.1) is 0 Å². The molecule has 1 radical (unpaired) electrons. The van der Waals surface area contributed by atoms with Gasteiger partial charge in [0.25, 0.3) is 6.26 Å². The zero-order valence-electron chi connectivity index (χ0n) is 9.16. The summed E-state index contributed by atoms with van der Waals surface area (Å²) in [6.45, 7) is 2.17. The van der Waals surface area contributed by atoms with Gasteiger partial charge in [-0.2, -0.15) is 0 Å². The first-order valence-corrected chi connectivity index (χ1v) is 6.02. The van der Waals surface area contributed by atoms with Crippen LogP contribution in [0.5, 0.6) is 0 Å². The van der Waals surface area contributed by atoms with Crippen LogP contribution in [0.4, 0.5) is 0 Å². The van der Waals surface area contributed by atoms with E-state index in [1.54, 1.807) is 5.94 Å². The molecule has 4 fully saturated rings. The summed E-state index contributed by atoms with van der Waals surface area (Å²) in [5.41, 5.74) is -0.120. The number of carbonyl (C=O) groups excluding carboxylic acids is 1. The van der Waals surface area contributed by atoms with Crippen molar-refractivity contribution in [2.45, 2.75) is 44.6 Å². The molecule has 0 aromatic heterocycles. The van der Waals surface area contributed by atoms with Crippen LogP contribution in [-0.4, -0.2) is 11.5 Å². The van der Waals surface area contributed by atoms with Gasteiger partial charge >= 0.3 is 0 Å². The first kappa shape index (κ1) is 9.47. The Hall–Kier alpha value is -0.750. The highest BCUT2D eigenvalue weighted by molar-refractivity contribution is 5.38. The average Bonchev–Trinajstić information content (AvgIpc) is 2.22. The Kier molecular flexibility index (Phi) is 1.97. The lowest BCUT2D eigenvalue weighted by atomic mass is 9.50. The molecule has 2 nitrogen and oxygen atoms in total. The van der Waals surface area contributed by atoms with Gasteiger partial charge in [0.15, 0.2) is 5.94 Å². The number of rotatable bonds is 2. The summed E-state index contributed by atoms with van der Waals surface area (Å²) in [6.07, 6.45) is 8.93. The molecule has 0 unspecified atom stereocenters. The van der Waals surface area contributed by atoms with Crippen molar-refractivity contribution in [2.75, 3.05) is 0 Å². The number of hydrogen-bond donors (Lipinski definition) is 0. The van der Waals surface area contributed by atoms with E-state index in [9.17, 15) is 4.79 Å². The van der Waals surface area contributed by atoms with E-state index in [0.717, 1.165) is 11.8 Å². The molecule has 0 amide bonds. The SMILES string of the molecule is CC1(O[C]=C=O)C2CC3CC(C2)CC1C3. The van der Waals surface area contributed by atoms with Crippen LogP contribution in [0.1, 0.15) is 39.0 Å². The molecular formula is C13H17O2. The molecule has 4 saturated carbocycles. The summed E-state index contributed by atoms with van der Waals surface area (Å²) < 4.78 is 5.58. The van der Waals surface area contributed by atoms with E-state index in [2.05, 4.69) is 13.2 Å². The third-order valence-corrected chi connectivity index (χ3v) is 5.07. The summed E-state index contributed by atoms with van der Waals surface area (Å²) >= 11 is 0. The van der Waals surface area contributed by atoms with Crippen LogP contribution < -0.4 is 0 Å². The van der Waals surface area contributed by atoms with E-state index >= 15 is 0 Å². The molecule has 0 spiro atoms. The minimum Gasteiger partial charge on any atom is -0.473 e. The molecule has 0 saturated heterocycles. The Balaban J connectivity index is 1.87. The maximum Gasteiger partial charge on any atom is 0.259 e. The van der Waals surface area contributed by atoms with Gasteiger partial charge in [-0.15, -0.1) is 0 Å². The Morgan fingerprint density at radius 2 is 1.60 bits per heavy atom. The predicted molar refractivity (Wildman–Crippen MR) is 55.5 cm³/mol. The average molecular weight is 205 g/mol. The summed E-state index contributed by atoms with van der Waals surface area (Å²) in [7, 11) is 0. The lowest BCUT2D eigenvalue weighted by molar-refractivity contribution is -0.170. The van der Waals surface area contributed by atoms with E-state index in [-0.39, 0.29) is 5.60 Å². The largest absolute Gasteiger partial charge is 0.473 e. The van der Waals surface area contributed by atoms with Crippen molar-refractivity contribution in [3.05, 3.63) is 6.26 Å². The van der Waals surface area contributed by atoms with Crippen LogP contribution in [0.15, 0.2) is 0 Å². The van der Waals surface area contributed by atoms with Gasteiger partial charge in [-0.25, -0.2) is 4.79 Å². The molecule has 2 heteroatoms. The fourth-order valence-electron chi connectivity index (χ4n) is 4.42. The van der Waals surface area contributed by atoms with Crippen LogP contribution in [0.3, 0.4) is 0 Å². The van der Waals surface area contributed by atoms with E-state index in [1.165, 1.54) is 32.1 Å². The standard InChI is InChI=1S/C13H17O2/c1-13(15-3-2-14)11-5-9-4-10(7-11)8-12(13)6-9/h9-12H,4-8H2,1H3. The van der Waals surface area contributed by atoms with E-state index in [1.807, 2.05) is 0 Å². The molecule has 4 rings (SSSR count). The van der Waals surface area contributed by atoms with Crippen molar-refractivity contribution in [1.29, 1.82) is 0 Å². The van der Waals surface area contributed by atoms with Gasteiger partial charge in [0, 0.05) is 0 Å². The van der Waals surface area contributed by atoms with Gasteiger partial charge in [0.2, 0.25) is 0 Å². The monoisotopic (exact) mass is 205 g/mol. The van der Waals surface area contributed by atoms with Crippen LogP contribution >= 0.6 is 0 Å². The molecule has 4 bridgehead atoms. The smallest absolute Gasteiger partial charge is 0.259 e. The molecular weight excluding hydrogens is 188 g/mol. The molecule has 0 aromatic rings. The quantitative estimate of drug-likeness (QED) is 0.511. The Morgan fingerprint density at radius 1 is 1.07 bits per heavy atom. The number of ether oxygens (including phenoxy) is 1. The van der Waals surface area contributed by atoms with Crippen molar-refractivity contribution >= 4 is 5.94 Å². The van der Waals surface area contributed by atoms with Crippen LogP contribution in [-0.2, 0) is 9.53 Å². The molecule has 0 atom stereocenters. The Bertz CT molecular complexity index is 286. The van der Waals surface area contributed by atoms with Gasteiger partial charge < -0.3 is 4.74 Å². The topological polar surface area (TPSA) is 26.3 Å². The van der Waals surface area contributed by atoms with Gasteiger partial charge in [-0.3, -0.25) is 0 Å². The highest BCUT2D eigenvalue weighted by atomic mass is 16.5. The Morgan fingerprint density at radius 3 is 2.07 bits per heavy atom. The second-order valence-electron chi connectivity index (χ2n) is 5.79. The molecule has 4 aliphatic rings. The Labute approximate surface area is 90.7 Å². The van der Waals surface area contributed by atoms with Crippen molar-refractivity contribution in [3.8, 4) is 0 Å². The zero-order valence-corrected chi connectivity index (χ0v) is 9.16. The summed E-state index contributed by atoms with van der Waals surface area (Å²) in [5, 5.41) is 0. The van der Waals surface area contributed by atoms with Crippen LogP contribution in [0.25, 0.3) is 0 Å². The van der Waals surface area contributed by atoms with Crippen molar-refractivity contribution in [1.82, 2.24) is 0 Å². The van der Waals surface area contributed by atoms with Gasteiger partial charge in [-0.05, 0) is 62.7 Å². The molecule has 0 aromatic carbocycles. The second kappa shape index (κ2) is 3.12. The van der Waals surface area contributed by atoms with Crippen molar-refractivity contribution in [2.24, 2.45) is 23.7 Å². The maximum absolute atomic E-state index is 10.2. The first-order chi connectivity index (χ1) is 7.22. The lowest BCUT2D eigenvalue weighted by Gasteiger charge is -2.58. The molecule has 0 heterocycles. The van der Waals surface area contributed by atoms with E-state index in [4.69, 9.17) is 4.74 Å². The van der Waals surface area contributed by atoms with Gasteiger partial charge in [-0.1, -0.05) is 0 Å². The fraction of sp³-hybridized carbons (Fsp3) is 0.846. The van der Waals surface area contributed by atoms with E-state index < -0.39 is 0 Å². The van der Waals surface area contributed by atoms with E-state index in [0.29, 0.717) is 11.8 Å². The third kappa shape index (κ3) is 1.28. The zero-order chi connectivity index (χ0) is 10.5. The van der Waals surface area contributed by atoms with Crippen LogP contribution in [0.2, 0.25) is 0 Å². The summed E-state index contributed by atoms with van der Waals surface area (Å²) in [6, 6.07) is 0. The minimum absolute atomic E-state index is 0.120. The molecule has 15 heavy (non-hydrogen) atoms. The highest BCUT2D eigenvalue weighted by Crippen LogP contribution is 2.59. The highest BCUT2D eigenvalue weighted by Gasteiger charge is 2.56. The maximum atomic E-state index is 10.2. The van der Waals surface area contributed by atoms with Crippen LogP contribution in [0, 0.1) is 29.9 Å². The fourth-order valence-corrected chi connectivity index (χ4v) is 4.42. The molecule has 0 aliphatic heterocycles. The summed E-state index contributed by atoms with van der Waals surface area (Å²) in [4.78, 5) is 10.2. The molecule has 4 aliphatic carbocycles. The summed E-state index contributed by atoms with van der Waals surface area (Å²) in [5.74, 6) is 4.79. The number of hydrogen-bond acceptors (Lipinski definition) is 2. The predicted octanol–water partition coefficient (Wildman–Crippen LogP) is 2.37. The molecule has 0 N–H and O–H groups in total. The minimum atomic E-state index is -0.120. The van der Waals surface area contributed by atoms with Gasteiger partial charge in [0.1, 0.15) is 5.60 Å². The van der Waals surface area contributed by atoms with Crippen molar-refractivity contribution < 1.29 is 9.53 Å². The van der Waals surface area contributed by atoms with Crippen molar-refractivity contribution in [3.63, 3.8) is 0 Å². The third-order valence-electron chi connectivity index (χ3n) is 5.07. The first-order valence-electron chi connectivity index (χ1n) is 6.02. The lowest BCUT2D eigenvalue weighted by Crippen LogP contribution is -2.56. The second-order valence-corrected chi connectivity index (χ2v) is 5.79. The molecule has 81 valence electrons. The normalized spacial score (nSPS) is 51.3.